The van der Waals surface area contributed by atoms with Crippen molar-refractivity contribution >= 4 is 28.9 Å². The van der Waals surface area contributed by atoms with E-state index in [1.54, 1.807) is 24.3 Å². The third-order valence-corrected chi connectivity index (χ3v) is 4.37. The summed E-state index contributed by atoms with van der Waals surface area (Å²) in [4.78, 5) is 16.0. The van der Waals surface area contributed by atoms with Crippen molar-refractivity contribution in [2.75, 3.05) is 0 Å². The number of aromatic nitrogens is 1. The summed E-state index contributed by atoms with van der Waals surface area (Å²) < 4.78 is 13.0. The van der Waals surface area contributed by atoms with Crippen LogP contribution in [0.5, 0.6) is 0 Å². The molecule has 0 aliphatic rings. The van der Waals surface area contributed by atoms with E-state index in [0.29, 0.717) is 21.3 Å². The first-order chi connectivity index (χ1) is 10.5. The Labute approximate surface area is 134 Å². The lowest BCUT2D eigenvalue weighted by molar-refractivity contribution is 0.0702. The van der Waals surface area contributed by atoms with Gasteiger partial charge in [-0.25, -0.2) is 14.2 Å². The smallest absolute Gasteiger partial charge is 0.348 e. The van der Waals surface area contributed by atoms with Crippen LogP contribution in [0.4, 0.5) is 4.39 Å². The van der Waals surface area contributed by atoms with Gasteiger partial charge in [-0.1, -0.05) is 23.7 Å². The maximum atomic E-state index is 13.0. The maximum absolute atomic E-state index is 13.0. The number of nitrogens with zero attached hydrogens (tertiary/aromatic N) is 1. The van der Waals surface area contributed by atoms with Gasteiger partial charge in [-0.05, 0) is 36.4 Å². The number of halogens is 2. The van der Waals surface area contributed by atoms with Gasteiger partial charge in [-0.2, -0.15) is 0 Å². The van der Waals surface area contributed by atoms with Crippen LogP contribution in [0.2, 0.25) is 5.02 Å². The van der Waals surface area contributed by atoms with E-state index < -0.39 is 5.97 Å². The Hall–Kier alpha value is -2.24. The lowest BCUT2D eigenvalue weighted by Gasteiger charge is -1.98. The summed E-state index contributed by atoms with van der Waals surface area (Å²) >= 11 is 6.93. The molecule has 3 rings (SSSR count). The molecule has 0 radical (unpaired) electrons. The van der Waals surface area contributed by atoms with Gasteiger partial charge in [-0.3, -0.25) is 0 Å². The van der Waals surface area contributed by atoms with Crippen molar-refractivity contribution in [3.63, 3.8) is 0 Å². The molecule has 0 saturated carbocycles. The molecule has 0 unspecified atom stereocenters. The molecule has 110 valence electrons. The van der Waals surface area contributed by atoms with Crippen LogP contribution in [0.3, 0.4) is 0 Å². The molecule has 0 aliphatic carbocycles. The van der Waals surface area contributed by atoms with Crippen LogP contribution in [0, 0.1) is 5.82 Å². The second-order valence-electron chi connectivity index (χ2n) is 4.52. The number of carboxylic acid groups (broad SMARTS) is 1. The second kappa shape index (κ2) is 5.87. The van der Waals surface area contributed by atoms with Crippen LogP contribution in [0.1, 0.15) is 9.67 Å². The predicted molar refractivity (Wildman–Crippen MR) is 84.9 cm³/mol. The van der Waals surface area contributed by atoms with Gasteiger partial charge < -0.3 is 5.11 Å². The molecule has 6 heteroatoms. The van der Waals surface area contributed by atoms with Gasteiger partial charge in [0.1, 0.15) is 15.7 Å². The van der Waals surface area contributed by atoms with Crippen molar-refractivity contribution in [3.05, 3.63) is 64.2 Å². The zero-order valence-corrected chi connectivity index (χ0v) is 12.7. The number of hydrogen-bond donors (Lipinski definition) is 1. The van der Waals surface area contributed by atoms with Gasteiger partial charge in [0.2, 0.25) is 0 Å². The maximum Gasteiger partial charge on any atom is 0.348 e. The summed E-state index contributed by atoms with van der Waals surface area (Å²) in [6.07, 6.45) is 0. The third kappa shape index (κ3) is 2.86. The van der Waals surface area contributed by atoms with E-state index >= 15 is 0 Å². The largest absolute Gasteiger partial charge is 0.477 e. The number of thiazole rings is 1. The lowest BCUT2D eigenvalue weighted by Crippen LogP contribution is -1.95. The van der Waals surface area contributed by atoms with Crippen molar-refractivity contribution < 1.29 is 14.3 Å². The monoisotopic (exact) mass is 333 g/mol. The molecule has 0 bridgehead atoms. The molecule has 0 spiro atoms. The number of carboxylic acids is 1. The van der Waals surface area contributed by atoms with Crippen molar-refractivity contribution in [1.82, 2.24) is 4.98 Å². The predicted octanol–water partition coefficient (Wildman–Crippen LogP) is 4.97. The van der Waals surface area contributed by atoms with Gasteiger partial charge in [0, 0.05) is 16.1 Å². The Morgan fingerprint density at radius 1 is 1.05 bits per heavy atom. The molecule has 1 aromatic heterocycles. The molecular formula is C16H9ClFNO2S. The van der Waals surface area contributed by atoms with E-state index in [2.05, 4.69) is 4.98 Å². The summed E-state index contributed by atoms with van der Waals surface area (Å²) in [5.74, 6) is -1.44. The summed E-state index contributed by atoms with van der Waals surface area (Å²) in [6.45, 7) is 0. The molecule has 0 amide bonds. The Balaban J connectivity index is 2.11. The molecule has 1 heterocycles. The highest BCUT2D eigenvalue weighted by molar-refractivity contribution is 7.17. The lowest BCUT2D eigenvalue weighted by atomic mass is 10.1. The van der Waals surface area contributed by atoms with Crippen LogP contribution in [-0.2, 0) is 0 Å². The van der Waals surface area contributed by atoms with Gasteiger partial charge in [-0.15, -0.1) is 11.3 Å². The van der Waals surface area contributed by atoms with E-state index in [1.165, 1.54) is 24.3 Å². The topological polar surface area (TPSA) is 50.2 Å². The van der Waals surface area contributed by atoms with Crippen LogP contribution < -0.4 is 0 Å². The van der Waals surface area contributed by atoms with Crippen LogP contribution in [-0.4, -0.2) is 16.1 Å². The SMILES string of the molecule is O=C(O)c1sc(-c2ccc(Cl)cc2)nc1-c1ccc(F)cc1. The highest BCUT2D eigenvalue weighted by Gasteiger charge is 2.19. The first kappa shape index (κ1) is 14.7. The molecule has 0 atom stereocenters. The number of aromatic carboxylic acids is 1. The van der Waals surface area contributed by atoms with E-state index in [1.807, 2.05) is 0 Å². The zero-order chi connectivity index (χ0) is 15.7. The molecule has 3 aromatic rings. The number of hydrogen-bond acceptors (Lipinski definition) is 3. The number of benzene rings is 2. The van der Waals surface area contributed by atoms with E-state index in [9.17, 15) is 14.3 Å². The highest BCUT2D eigenvalue weighted by Crippen LogP contribution is 2.34. The fourth-order valence-electron chi connectivity index (χ4n) is 1.98. The normalized spacial score (nSPS) is 10.6. The third-order valence-electron chi connectivity index (χ3n) is 3.03. The van der Waals surface area contributed by atoms with Gasteiger partial charge in [0.05, 0.1) is 5.69 Å². The summed E-state index contributed by atoms with van der Waals surface area (Å²) in [7, 11) is 0. The van der Waals surface area contributed by atoms with E-state index in [-0.39, 0.29) is 10.7 Å². The minimum Gasteiger partial charge on any atom is -0.477 e. The van der Waals surface area contributed by atoms with Crippen LogP contribution >= 0.6 is 22.9 Å². The average molecular weight is 334 g/mol. The summed E-state index contributed by atoms with van der Waals surface area (Å²) in [5, 5.41) is 10.5. The Morgan fingerprint density at radius 2 is 1.64 bits per heavy atom. The van der Waals surface area contributed by atoms with Crippen molar-refractivity contribution in [2.45, 2.75) is 0 Å². The molecular weight excluding hydrogens is 325 g/mol. The fourth-order valence-corrected chi connectivity index (χ4v) is 3.04. The highest BCUT2D eigenvalue weighted by atomic mass is 35.5. The van der Waals surface area contributed by atoms with Crippen molar-refractivity contribution in [2.24, 2.45) is 0 Å². The quantitative estimate of drug-likeness (QED) is 0.736. The van der Waals surface area contributed by atoms with Gasteiger partial charge in [0.15, 0.2) is 0 Å². The zero-order valence-electron chi connectivity index (χ0n) is 11.1. The van der Waals surface area contributed by atoms with E-state index in [4.69, 9.17) is 11.6 Å². The molecule has 22 heavy (non-hydrogen) atoms. The Kier molecular flexibility index (Phi) is 3.92. The minimum absolute atomic E-state index is 0.122. The molecule has 2 aromatic carbocycles. The van der Waals surface area contributed by atoms with Crippen molar-refractivity contribution in [3.8, 4) is 21.8 Å². The Bertz CT molecular complexity index is 828. The van der Waals surface area contributed by atoms with Crippen LogP contribution in [0.25, 0.3) is 21.8 Å². The van der Waals surface area contributed by atoms with E-state index in [0.717, 1.165) is 16.9 Å². The molecule has 0 saturated heterocycles. The second-order valence-corrected chi connectivity index (χ2v) is 5.95. The molecule has 3 nitrogen and oxygen atoms in total. The average Bonchev–Trinajstić information content (AvgIpc) is 2.94. The summed E-state index contributed by atoms with van der Waals surface area (Å²) in [6, 6.07) is 12.6. The van der Waals surface area contributed by atoms with Crippen molar-refractivity contribution in [1.29, 1.82) is 0 Å². The van der Waals surface area contributed by atoms with Gasteiger partial charge in [0.25, 0.3) is 0 Å². The molecule has 1 N–H and O–H groups in total. The molecule has 0 fully saturated rings. The number of carbonyl (C=O) groups is 1. The Morgan fingerprint density at radius 3 is 2.23 bits per heavy atom. The summed E-state index contributed by atoms with van der Waals surface area (Å²) in [5.41, 5.74) is 1.68. The van der Waals surface area contributed by atoms with Gasteiger partial charge >= 0.3 is 5.97 Å². The minimum atomic E-state index is -1.06. The first-order valence-corrected chi connectivity index (χ1v) is 7.50. The fraction of sp³-hybridized carbons (Fsp3) is 0. The standard InChI is InChI=1S/C16H9ClFNO2S/c17-11-5-1-10(2-6-11)15-19-13(14(22-15)16(20)21)9-3-7-12(18)8-4-9/h1-8H,(H,20,21). The number of rotatable bonds is 3. The first-order valence-electron chi connectivity index (χ1n) is 6.30. The molecule has 0 aliphatic heterocycles. The van der Waals surface area contributed by atoms with Crippen LogP contribution in [0.15, 0.2) is 48.5 Å².